The molecule has 3 aliphatic rings. The monoisotopic (exact) mass is 730 g/mol. The Kier molecular flexibility index (Phi) is 13.5. The zero-order valence-electron chi connectivity index (χ0n) is 29.2. The number of carbonyl (C=O) groups is 3. The van der Waals surface area contributed by atoms with Gasteiger partial charge in [-0.05, 0) is 87.1 Å². The summed E-state index contributed by atoms with van der Waals surface area (Å²) < 4.78 is 38.4. The number of nitrogens with one attached hydrogen (secondary N) is 2. The maximum atomic E-state index is 14.1. The summed E-state index contributed by atoms with van der Waals surface area (Å²) in [4.78, 5) is 42.4. The van der Waals surface area contributed by atoms with Gasteiger partial charge in [-0.3, -0.25) is 14.5 Å². The zero-order chi connectivity index (χ0) is 36.4. The number of carbonyl (C=O) groups excluding carboxylic acids is 2. The SMILES string of the molecule is Cc1ccc2cc(C(=O)NC3(C(=O)N[C@@H](CCCN4CCN(C5CCOCC5)CC4)Cc4ccccc4)CCCC3)sc2c1.O=C(O)C(F)(F)F. The van der Waals surface area contributed by atoms with Crippen LogP contribution in [0.2, 0.25) is 0 Å². The van der Waals surface area contributed by atoms with Gasteiger partial charge < -0.3 is 25.4 Å². The zero-order valence-corrected chi connectivity index (χ0v) is 30.0. The molecular weight excluding hydrogens is 682 g/mol. The first-order chi connectivity index (χ1) is 24.4. The molecule has 0 unspecified atom stereocenters. The normalized spacial score (nSPS) is 19.2. The number of aliphatic carboxylic acids is 1. The number of carboxylic acids is 1. The van der Waals surface area contributed by atoms with Gasteiger partial charge in [0.2, 0.25) is 5.91 Å². The second kappa shape index (κ2) is 17.8. The smallest absolute Gasteiger partial charge is 0.475 e. The summed E-state index contributed by atoms with van der Waals surface area (Å²) in [7, 11) is 0. The van der Waals surface area contributed by atoms with Crippen LogP contribution < -0.4 is 10.6 Å². The Bertz CT molecular complexity index is 1600. The van der Waals surface area contributed by atoms with Crippen molar-refractivity contribution in [3.63, 3.8) is 0 Å². The molecule has 3 heterocycles. The number of piperazine rings is 1. The number of fused-ring (bicyclic) bond motifs is 1. The van der Waals surface area contributed by atoms with E-state index in [9.17, 15) is 22.8 Å². The van der Waals surface area contributed by atoms with Gasteiger partial charge in [-0.2, -0.15) is 13.2 Å². The highest BCUT2D eigenvalue weighted by Gasteiger charge is 2.43. The van der Waals surface area contributed by atoms with E-state index >= 15 is 0 Å². The number of ether oxygens (including phenoxy) is 1. The Morgan fingerprint density at radius 3 is 2.31 bits per heavy atom. The van der Waals surface area contributed by atoms with E-state index in [2.05, 4.69) is 69.8 Å². The number of alkyl halides is 3. The first kappa shape index (κ1) is 38.7. The quantitative estimate of drug-likeness (QED) is 0.216. The summed E-state index contributed by atoms with van der Waals surface area (Å²) >= 11 is 1.50. The fraction of sp³-hybridized carbons (Fsp3) is 0.553. The maximum absolute atomic E-state index is 14.1. The minimum absolute atomic E-state index is 0.0219. The van der Waals surface area contributed by atoms with E-state index in [-0.39, 0.29) is 17.9 Å². The van der Waals surface area contributed by atoms with Crippen LogP contribution in [0.4, 0.5) is 13.2 Å². The predicted molar refractivity (Wildman–Crippen MR) is 192 cm³/mol. The fourth-order valence-electron chi connectivity index (χ4n) is 7.33. The molecule has 0 spiro atoms. The highest BCUT2D eigenvalue weighted by atomic mass is 32.1. The van der Waals surface area contributed by atoms with Crippen molar-refractivity contribution in [3.8, 4) is 0 Å². The van der Waals surface area contributed by atoms with Gasteiger partial charge in [0.25, 0.3) is 5.91 Å². The van der Waals surface area contributed by atoms with Crippen molar-refractivity contribution in [2.45, 2.75) is 88.5 Å². The van der Waals surface area contributed by atoms with Crippen molar-refractivity contribution in [1.82, 2.24) is 20.4 Å². The summed E-state index contributed by atoms with van der Waals surface area (Å²) in [6.45, 7) is 9.41. The van der Waals surface area contributed by atoms with Crippen LogP contribution in [0.1, 0.15) is 72.2 Å². The molecule has 1 saturated carbocycles. The summed E-state index contributed by atoms with van der Waals surface area (Å²) in [5, 5.41) is 14.9. The average molecular weight is 731 g/mol. The van der Waals surface area contributed by atoms with Gasteiger partial charge in [-0.1, -0.05) is 55.3 Å². The first-order valence-corrected chi connectivity index (χ1v) is 18.8. The van der Waals surface area contributed by atoms with E-state index in [1.54, 1.807) is 0 Å². The van der Waals surface area contributed by atoms with Gasteiger partial charge in [0.1, 0.15) is 5.54 Å². The lowest BCUT2D eigenvalue weighted by atomic mass is 9.94. The lowest BCUT2D eigenvalue weighted by Gasteiger charge is -2.40. The van der Waals surface area contributed by atoms with Crippen LogP contribution >= 0.6 is 11.3 Å². The van der Waals surface area contributed by atoms with Gasteiger partial charge in [-0.25, -0.2) is 4.79 Å². The molecule has 0 bridgehead atoms. The number of halogens is 3. The van der Waals surface area contributed by atoms with Crippen LogP contribution in [0.5, 0.6) is 0 Å². The number of rotatable bonds is 11. The molecule has 2 amide bonds. The number of benzene rings is 2. The molecule has 1 atom stereocenters. The number of amides is 2. The molecule has 0 radical (unpaired) electrons. The number of thiophene rings is 1. The summed E-state index contributed by atoms with van der Waals surface area (Å²) in [5.74, 6) is -2.92. The summed E-state index contributed by atoms with van der Waals surface area (Å²) in [6.07, 6.45) is 3.25. The lowest BCUT2D eigenvalue weighted by molar-refractivity contribution is -0.192. The number of carboxylic acid groups (broad SMARTS) is 1. The number of hydrogen-bond donors (Lipinski definition) is 3. The average Bonchev–Trinajstić information content (AvgIpc) is 3.77. The molecule has 1 aromatic heterocycles. The van der Waals surface area contributed by atoms with Crippen molar-refractivity contribution in [3.05, 3.63) is 70.6 Å². The van der Waals surface area contributed by atoms with Crippen molar-refractivity contribution in [1.29, 1.82) is 0 Å². The molecular formula is C38H49F3N4O5S. The van der Waals surface area contributed by atoms with E-state index in [0.29, 0.717) is 23.8 Å². The molecule has 51 heavy (non-hydrogen) atoms. The van der Waals surface area contributed by atoms with Crippen LogP contribution in [-0.2, 0) is 20.7 Å². The predicted octanol–water partition coefficient (Wildman–Crippen LogP) is 6.19. The molecule has 13 heteroatoms. The number of aryl methyl sites for hydroxylation is 1. The Morgan fingerprint density at radius 1 is 1.00 bits per heavy atom. The standard InChI is InChI=1S/C36H48N4O3S.C2HF3O2/c1-27-11-12-29-26-33(44-32(29)24-27)34(41)38-36(15-5-6-16-36)35(42)37-30(25-28-8-3-2-4-9-28)10-7-17-39-18-20-40(21-19-39)31-13-22-43-23-14-31;3-2(4,5)1(6)7/h2-4,8-9,11-12,24,26,30-31H,5-7,10,13-23,25H2,1H3,(H,37,42)(H,38,41);(H,6,7)/t30-;/m0./s1. The molecule has 9 nitrogen and oxygen atoms in total. The second-order valence-corrected chi connectivity index (χ2v) is 15.0. The molecule has 1 aliphatic carbocycles. The van der Waals surface area contributed by atoms with Crippen LogP contribution in [0.25, 0.3) is 10.1 Å². The molecule has 3 aromatic rings. The van der Waals surface area contributed by atoms with Gasteiger partial charge in [0, 0.05) is 56.2 Å². The van der Waals surface area contributed by atoms with Gasteiger partial charge in [0.15, 0.2) is 0 Å². The Morgan fingerprint density at radius 2 is 1.67 bits per heavy atom. The Balaban J connectivity index is 0.000000654. The van der Waals surface area contributed by atoms with Crippen molar-refractivity contribution >= 4 is 39.2 Å². The third-order valence-electron chi connectivity index (χ3n) is 10.2. The van der Waals surface area contributed by atoms with Crippen molar-refractivity contribution in [2.75, 3.05) is 45.9 Å². The Hall–Kier alpha value is -3.52. The molecule has 2 aliphatic heterocycles. The van der Waals surface area contributed by atoms with Crippen LogP contribution in [0, 0.1) is 6.92 Å². The third kappa shape index (κ3) is 11.0. The first-order valence-electron chi connectivity index (χ1n) is 17.9. The van der Waals surface area contributed by atoms with Crippen LogP contribution in [-0.4, -0.2) is 102 Å². The largest absolute Gasteiger partial charge is 0.490 e. The Labute approximate surface area is 301 Å². The van der Waals surface area contributed by atoms with E-state index in [1.165, 1.54) is 22.5 Å². The van der Waals surface area contributed by atoms with Crippen LogP contribution in [0.3, 0.4) is 0 Å². The van der Waals surface area contributed by atoms with Gasteiger partial charge >= 0.3 is 12.1 Å². The second-order valence-electron chi connectivity index (χ2n) is 13.9. The minimum Gasteiger partial charge on any atom is -0.475 e. The van der Waals surface area contributed by atoms with E-state index in [1.807, 2.05) is 12.1 Å². The van der Waals surface area contributed by atoms with Crippen molar-refractivity contribution in [2.24, 2.45) is 0 Å². The maximum Gasteiger partial charge on any atom is 0.490 e. The highest BCUT2D eigenvalue weighted by Crippen LogP contribution is 2.33. The third-order valence-corrected chi connectivity index (χ3v) is 11.3. The van der Waals surface area contributed by atoms with E-state index in [4.69, 9.17) is 14.6 Å². The lowest BCUT2D eigenvalue weighted by Crippen LogP contribution is -2.59. The highest BCUT2D eigenvalue weighted by molar-refractivity contribution is 7.20. The topological polar surface area (TPSA) is 111 Å². The van der Waals surface area contributed by atoms with Crippen LogP contribution in [0.15, 0.2) is 54.6 Å². The van der Waals surface area contributed by atoms with Gasteiger partial charge in [0.05, 0.1) is 4.88 Å². The summed E-state index contributed by atoms with van der Waals surface area (Å²) in [6, 6.07) is 19.4. The molecule has 2 aromatic carbocycles. The molecule has 6 rings (SSSR count). The number of hydrogen-bond acceptors (Lipinski definition) is 7. The molecule has 3 N–H and O–H groups in total. The summed E-state index contributed by atoms with van der Waals surface area (Å²) in [5.41, 5.74) is 1.56. The van der Waals surface area contributed by atoms with Gasteiger partial charge in [-0.15, -0.1) is 11.3 Å². The number of nitrogens with zero attached hydrogens (tertiary/aromatic N) is 2. The van der Waals surface area contributed by atoms with Crippen molar-refractivity contribution < 1.29 is 37.4 Å². The fourth-order valence-corrected chi connectivity index (χ4v) is 8.38. The molecule has 2 saturated heterocycles. The molecule has 3 fully saturated rings. The molecule has 278 valence electrons. The van der Waals surface area contributed by atoms with E-state index < -0.39 is 17.7 Å². The minimum atomic E-state index is -5.08. The van der Waals surface area contributed by atoms with E-state index in [0.717, 1.165) is 101 Å².